The van der Waals surface area contributed by atoms with Crippen molar-refractivity contribution < 1.29 is 9.18 Å². The summed E-state index contributed by atoms with van der Waals surface area (Å²) in [6.07, 6.45) is 2.11. The third-order valence-corrected chi connectivity index (χ3v) is 4.13. The fraction of sp³-hybridized carbons (Fsp3) is 0.438. The molecule has 1 aliphatic carbocycles. The summed E-state index contributed by atoms with van der Waals surface area (Å²) in [4.78, 5) is 12.3. The number of nitrogens with one attached hydrogen (secondary N) is 1. The van der Waals surface area contributed by atoms with Gasteiger partial charge in [-0.25, -0.2) is 4.39 Å². The second kappa shape index (κ2) is 5.21. The normalized spacial score (nSPS) is 23.1. The van der Waals surface area contributed by atoms with Crippen LogP contribution in [0.3, 0.4) is 0 Å². The van der Waals surface area contributed by atoms with Crippen LogP contribution >= 0.6 is 11.6 Å². The second-order valence-corrected chi connectivity index (χ2v) is 6.62. The number of anilines is 1. The molecule has 0 aliphatic heterocycles. The van der Waals surface area contributed by atoms with Crippen LogP contribution in [-0.2, 0) is 4.79 Å². The largest absolute Gasteiger partial charge is 0.323 e. The minimum Gasteiger partial charge on any atom is -0.323 e. The van der Waals surface area contributed by atoms with Gasteiger partial charge >= 0.3 is 0 Å². The Morgan fingerprint density at radius 3 is 2.60 bits per heavy atom. The van der Waals surface area contributed by atoms with Crippen molar-refractivity contribution in [1.29, 1.82) is 0 Å². The van der Waals surface area contributed by atoms with Gasteiger partial charge in [-0.05, 0) is 43.4 Å². The van der Waals surface area contributed by atoms with Gasteiger partial charge in [-0.2, -0.15) is 0 Å². The predicted octanol–water partition coefficient (Wildman–Crippen LogP) is 4.66. The Morgan fingerprint density at radius 2 is 2.05 bits per heavy atom. The summed E-state index contributed by atoms with van der Waals surface area (Å²) in [6, 6.07) is 4.25. The lowest BCUT2D eigenvalue weighted by Gasteiger charge is -2.07. The number of benzene rings is 1. The van der Waals surface area contributed by atoms with Crippen LogP contribution in [-0.4, -0.2) is 5.91 Å². The zero-order valence-corrected chi connectivity index (χ0v) is 12.9. The Hall–Kier alpha value is -1.35. The highest BCUT2D eigenvalue weighted by molar-refractivity contribution is 6.30. The molecule has 1 N–H and O–H groups in total. The van der Waals surface area contributed by atoms with Crippen LogP contribution in [0.25, 0.3) is 0 Å². The first-order chi connectivity index (χ1) is 9.23. The van der Waals surface area contributed by atoms with E-state index in [0.29, 0.717) is 5.02 Å². The Bertz CT molecular complexity index is 576. The Morgan fingerprint density at radius 1 is 1.40 bits per heavy atom. The number of carbonyl (C=O) groups excluding carboxylic acids is 1. The molecule has 2 unspecified atom stereocenters. The van der Waals surface area contributed by atoms with Crippen molar-refractivity contribution in [2.75, 3.05) is 5.32 Å². The summed E-state index contributed by atoms with van der Waals surface area (Å²) in [5, 5.41) is 2.97. The van der Waals surface area contributed by atoms with Crippen LogP contribution in [0, 0.1) is 23.1 Å². The molecule has 2 atom stereocenters. The predicted molar refractivity (Wildman–Crippen MR) is 80.2 cm³/mol. The van der Waals surface area contributed by atoms with E-state index in [0.717, 1.165) is 0 Å². The highest BCUT2D eigenvalue weighted by Crippen LogP contribution is 2.59. The molecule has 1 aromatic rings. The fourth-order valence-corrected chi connectivity index (χ4v) is 2.81. The molecule has 0 aromatic heterocycles. The molecule has 0 radical (unpaired) electrons. The van der Waals surface area contributed by atoms with Crippen LogP contribution < -0.4 is 5.32 Å². The van der Waals surface area contributed by atoms with Gasteiger partial charge < -0.3 is 5.32 Å². The zero-order chi connectivity index (χ0) is 15.1. The topological polar surface area (TPSA) is 29.1 Å². The Labute approximate surface area is 124 Å². The molecule has 0 heterocycles. The molecule has 2 nitrogen and oxygen atoms in total. The Balaban J connectivity index is 2.12. The number of carbonyl (C=O) groups is 1. The minimum atomic E-state index is -0.511. The molecule has 0 bridgehead atoms. The molecule has 0 saturated heterocycles. The van der Waals surface area contributed by atoms with Crippen LogP contribution in [0.15, 0.2) is 29.8 Å². The summed E-state index contributed by atoms with van der Waals surface area (Å²) in [5.41, 5.74) is 1.29. The van der Waals surface area contributed by atoms with E-state index in [1.54, 1.807) is 6.07 Å². The van der Waals surface area contributed by atoms with E-state index in [1.165, 1.54) is 17.7 Å². The third kappa shape index (κ3) is 2.88. The van der Waals surface area contributed by atoms with Gasteiger partial charge in [0.15, 0.2) is 0 Å². The molecule has 2 rings (SSSR count). The molecular formula is C16H19ClFNO. The highest BCUT2D eigenvalue weighted by atomic mass is 35.5. The van der Waals surface area contributed by atoms with Crippen molar-refractivity contribution in [2.24, 2.45) is 17.3 Å². The standard InChI is InChI=1S/C16H19ClFNO/c1-9(2)7-11-14(16(11,3)4)15(20)19-13-6-5-10(17)8-12(13)18/h5-8,11,14H,1-4H3,(H,19,20). The summed E-state index contributed by atoms with van der Waals surface area (Å²) in [7, 11) is 0. The molecular weight excluding hydrogens is 277 g/mol. The van der Waals surface area contributed by atoms with E-state index in [2.05, 4.69) is 25.2 Å². The van der Waals surface area contributed by atoms with Gasteiger partial charge in [-0.1, -0.05) is 37.1 Å². The number of halogens is 2. The number of amides is 1. The van der Waals surface area contributed by atoms with Crippen molar-refractivity contribution in [1.82, 2.24) is 0 Å². The van der Waals surface area contributed by atoms with Gasteiger partial charge in [0.05, 0.1) is 11.6 Å². The van der Waals surface area contributed by atoms with E-state index < -0.39 is 5.82 Å². The van der Waals surface area contributed by atoms with Crippen molar-refractivity contribution >= 4 is 23.2 Å². The molecule has 1 aromatic carbocycles. The van der Waals surface area contributed by atoms with Gasteiger partial charge in [0, 0.05) is 5.02 Å². The molecule has 108 valence electrons. The number of hydrogen-bond acceptors (Lipinski definition) is 1. The smallest absolute Gasteiger partial charge is 0.228 e. The lowest BCUT2D eigenvalue weighted by atomic mass is 10.1. The maximum atomic E-state index is 13.7. The number of hydrogen-bond donors (Lipinski definition) is 1. The number of rotatable bonds is 3. The third-order valence-electron chi connectivity index (χ3n) is 3.90. The first-order valence-corrected chi connectivity index (χ1v) is 7.02. The van der Waals surface area contributed by atoms with E-state index in [9.17, 15) is 9.18 Å². The zero-order valence-electron chi connectivity index (χ0n) is 12.1. The average Bonchev–Trinajstić information content (AvgIpc) is 2.83. The van der Waals surface area contributed by atoms with E-state index in [1.807, 2.05) is 13.8 Å². The average molecular weight is 296 g/mol. The van der Waals surface area contributed by atoms with Gasteiger partial charge in [-0.15, -0.1) is 0 Å². The minimum absolute atomic E-state index is 0.0791. The van der Waals surface area contributed by atoms with Crippen molar-refractivity contribution in [3.05, 3.63) is 40.7 Å². The first-order valence-electron chi connectivity index (χ1n) is 6.64. The maximum Gasteiger partial charge on any atom is 0.228 e. The summed E-state index contributed by atoms with van der Waals surface area (Å²) >= 11 is 5.69. The quantitative estimate of drug-likeness (QED) is 0.808. The van der Waals surface area contributed by atoms with Crippen molar-refractivity contribution in [2.45, 2.75) is 27.7 Å². The van der Waals surface area contributed by atoms with Crippen molar-refractivity contribution in [3.63, 3.8) is 0 Å². The molecule has 1 amide bonds. The Kier molecular flexibility index (Phi) is 3.92. The van der Waals surface area contributed by atoms with Gasteiger partial charge in [0.25, 0.3) is 0 Å². The molecule has 20 heavy (non-hydrogen) atoms. The summed E-state index contributed by atoms with van der Waals surface area (Å²) in [6.45, 7) is 8.14. The molecule has 0 spiro atoms. The van der Waals surface area contributed by atoms with Gasteiger partial charge in [0.1, 0.15) is 5.82 Å². The molecule has 1 fully saturated rings. The molecule has 1 aliphatic rings. The van der Waals surface area contributed by atoms with Crippen LogP contribution in [0.5, 0.6) is 0 Å². The lowest BCUT2D eigenvalue weighted by Crippen LogP contribution is -2.17. The highest BCUT2D eigenvalue weighted by Gasteiger charge is 2.60. The number of allylic oxidation sites excluding steroid dienone is 2. The van der Waals surface area contributed by atoms with Crippen molar-refractivity contribution in [3.8, 4) is 0 Å². The summed E-state index contributed by atoms with van der Waals surface area (Å²) in [5.74, 6) is -0.558. The first kappa shape index (κ1) is 15.0. The van der Waals surface area contributed by atoms with Crippen LogP contribution in [0.4, 0.5) is 10.1 Å². The monoisotopic (exact) mass is 295 g/mol. The van der Waals surface area contributed by atoms with E-state index >= 15 is 0 Å². The SMILES string of the molecule is CC(C)=CC1C(C(=O)Nc2ccc(Cl)cc2F)C1(C)C. The second-order valence-electron chi connectivity index (χ2n) is 6.18. The van der Waals surface area contributed by atoms with Crippen LogP contribution in [0.2, 0.25) is 5.02 Å². The molecule has 4 heteroatoms. The van der Waals surface area contributed by atoms with Gasteiger partial charge in [-0.3, -0.25) is 4.79 Å². The lowest BCUT2D eigenvalue weighted by molar-refractivity contribution is -0.118. The van der Waals surface area contributed by atoms with Gasteiger partial charge in [0.2, 0.25) is 5.91 Å². The fourth-order valence-electron chi connectivity index (χ4n) is 2.65. The molecule has 1 saturated carbocycles. The van der Waals surface area contributed by atoms with E-state index in [4.69, 9.17) is 11.6 Å². The van der Waals surface area contributed by atoms with E-state index in [-0.39, 0.29) is 28.8 Å². The maximum absolute atomic E-state index is 13.7. The summed E-state index contributed by atoms with van der Waals surface area (Å²) < 4.78 is 13.7. The van der Waals surface area contributed by atoms with Crippen LogP contribution in [0.1, 0.15) is 27.7 Å².